The molecule has 0 saturated carbocycles. The molecule has 2 aromatic rings. The lowest BCUT2D eigenvalue weighted by Gasteiger charge is -2.22. The molecule has 114 valence electrons. The molecular weight excluding hydrogens is 276 g/mol. The normalized spacial score (nSPS) is 11.9. The molecule has 1 unspecified atom stereocenters. The van der Waals surface area contributed by atoms with E-state index < -0.39 is 6.04 Å². The van der Waals surface area contributed by atoms with Gasteiger partial charge < -0.3 is 9.84 Å². The molecule has 0 aliphatic carbocycles. The number of nitrogens with zero attached hydrogens (tertiary/aromatic N) is 2. The van der Waals surface area contributed by atoms with Crippen LogP contribution in [0.15, 0.2) is 54.6 Å². The summed E-state index contributed by atoms with van der Waals surface area (Å²) in [6.45, 7) is 0.972. The van der Waals surface area contributed by atoms with Gasteiger partial charge in [0.2, 0.25) is 0 Å². The summed E-state index contributed by atoms with van der Waals surface area (Å²) < 4.78 is 5.79. The third-order valence-electron chi connectivity index (χ3n) is 3.44. The Morgan fingerprint density at radius 3 is 2.64 bits per heavy atom. The van der Waals surface area contributed by atoms with E-state index in [1.54, 1.807) is 0 Å². The van der Waals surface area contributed by atoms with Crippen LogP contribution in [-0.4, -0.2) is 30.2 Å². The summed E-state index contributed by atoms with van der Waals surface area (Å²) in [7, 11) is 1.82. The van der Waals surface area contributed by atoms with Crippen LogP contribution in [-0.2, 0) is 6.61 Å². The Bertz CT molecular complexity index is 622. The van der Waals surface area contributed by atoms with E-state index >= 15 is 0 Å². The topological polar surface area (TPSA) is 56.5 Å². The molecule has 0 spiro atoms. The van der Waals surface area contributed by atoms with Crippen molar-refractivity contribution in [2.45, 2.75) is 12.6 Å². The maximum atomic E-state index is 9.36. The zero-order chi connectivity index (χ0) is 15.8. The highest BCUT2D eigenvalue weighted by atomic mass is 16.5. The van der Waals surface area contributed by atoms with Gasteiger partial charge in [0.25, 0.3) is 0 Å². The first-order chi connectivity index (χ1) is 10.7. The predicted octanol–water partition coefficient (Wildman–Crippen LogP) is 2.75. The minimum absolute atomic E-state index is 0.0267. The van der Waals surface area contributed by atoms with E-state index in [-0.39, 0.29) is 6.61 Å². The second-order valence-corrected chi connectivity index (χ2v) is 5.08. The van der Waals surface area contributed by atoms with Crippen LogP contribution in [0.4, 0.5) is 0 Å². The highest BCUT2D eigenvalue weighted by Crippen LogP contribution is 2.23. The molecule has 0 bridgehead atoms. The Balaban J connectivity index is 2.07. The number of hydrogen-bond acceptors (Lipinski definition) is 4. The van der Waals surface area contributed by atoms with E-state index in [0.717, 1.165) is 16.9 Å². The number of likely N-dealkylation sites (N-methyl/N-ethyl adjacent to an activating group) is 1. The fraction of sp³-hybridized carbons (Fsp3) is 0.278. The Kier molecular flexibility index (Phi) is 5.96. The third kappa shape index (κ3) is 4.32. The van der Waals surface area contributed by atoms with Crippen molar-refractivity contribution in [1.29, 1.82) is 5.26 Å². The van der Waals surface area contributed by atoms with Gasteiger partial charge in [-0.1, -0.05) is 42.5 Å². The summed E-state index contributed by atoms with van der Waals surface area (Å²) >= 11 is 0. The van der Waals surface area contributed by atoms with Gasteiger partial charge in [-0.15, -0.1) is 0 Å². The lowest BCUT2D eigenvalue weighted by Crippen LogP contribution is -2.26. The zero-order valence-electron chi connectivity index (χ0n) is 12.6. The molecule has 0 fully saturated rings. The van der Waals surface area contributed by atoms with Gasteiger partial charge in [0.1, 0.15) is 18.4 Å². The van der Waals surface area contributed by atoms with Gasteiger partial charge in [0.05, 0.1) is 12.7 Å². The zero-order valence-corrected chi connectivity index (χ0v) is 12.6. The van der Waals surface area contributed by atoms with Crippen LogP contribution in [0.1, 0.15) is 17.2 Å². The van der Waals surface area contributed by atoms with Crippen molar-refractivity contribution >= 4 is 0 Å². The second-order valence-electron chi connectivity index (χ2n) is 5.08. The molecule has 0 heterocycles. The molecule has 0 aromatic heterocycles. The summed E-state index contributed by atoms with van der Waals surface area (Å²) in [5, 5.41) is 18.4. The summed E-state index contributed by atoms with van der Waals surface area (Å²) in [6.07, 6.45) is 0. The first-order valence-electron chi connectivity index (χ1n) is 7.22. The summed E-state index contributed by atoms with van der Waals surface area (Å²) in [5.41, 5.74) is 1.96. The molecule has 1 atom stereocenters. The van der Waals surface area contributed by atoms with Gasteiger partial charge in [-0.05, 0) is 30.3 Å². The van der Waals surface area contributed by atoms with E-state index in [2.05, 4.69) is 6.07 Å². The maximum Gasteiger partial charge on any atom is 0.123 e. The van der Waals surface area contributed by atoms with Crippen molar-refractivity contribution < 1.29 is 9.84 Å². The number of ether oxygens (including phenoxy) is 1. The van der Waals surface area contributed by atoms with Crippen LogP contribution in [0, 0.1) is 11.3 Å². The SMILES string of the molecule is CN(CCO)C(C#N)c1cccc(OCc2ccccc2)c1. The van der Waals surface area contributed by atoms with E-state index in [1.807, 2.05) is 66.5 Å². The number of benzene rings is 2. The molecular formula is C18H20N2O2. The van der Waals surface area contributed by atoms with Gasteiger partial charge in [0.15, 0.2) is 0 Å². The van der Waals surface area contributed by atoms with E-state index in [9.17, 15) is 5.26 Å². The third-order valence-corrected chi connectivity index (χ3v) is 3.44. The molecule has 0 saturated heterocycles. The maximum absolute atomic E-state index is 9.36. The minimum Gasteiger partial charge on any atom is -0.489 e. The second kappa shape index (κ2) is 8.18. The number of aliphatic hydroxyl groups is 1. The van der Waals surface area contributed by atoms with Gasteiger partial charge in [-0.25, -0.2) is 0 Å². The Morgan fingerprint density at radius 1 is 1.18 bits per heavy atom. The van der Waals surface area contributed by atoms with E-state index in [0.29, 0.717) is 13.2 Å². The Morgan fingerprint density at radius 2 is 1.95 bits per heavy atom. The molecule has 4 nitrogen and oxygen atoms in total. The quantitative estimate of drug-likeness (QED) is 0.853. The van der Waals surface area contributed by atoms with Gasteiger partial charge >= 0.3 is 0 Å². The van der Waals surface area contributed by atoms with Crippen LogP contribution in [0.2, 0.25) is 0 Å². The van der Waals surface area contributed by atoms with Crippen molar-refractivity contribution in [3.63, 3.8) is 0 Å². The van der Waals surface area contributed by atoms with Crippen LogP contribution < -0.4 is 4.74 Å². The average Bonchev–Trinajstić information content (AvgIpc) is 2.55. The first-order valence-corrected chi connectivity index (χ1v) is 7.22. The minimum atomic E-state index is -0.396. The van der Waals surface area contributed by atoms with Crippen molar-refractivity contribution in [2.24, 2.45) is 0 Å². The molecule has 2 rings (SSSR count). The van der Waals surface area contributed by atoms with Crippen molar-refractivity contribution in [3.05, 3.63) is 65.7 Å². The Labute approximate surface area is 131 Å². The van der Waals surface area contributed by atoms with Crippen molar-refractivity contribution in [1.82, 2.24) is 4.90 Å². The lowest BCUT2D eigenvalue weighted by atomic mass is 10.1. The lowest BCUT2D eigenvalue weighted by molar-refractivity contribution is 0.202. The van der Waals surface area contributed by atoms with Gasteiger partial charge in [-0.2, -0.15) is 5.26 Å². The number of aliphatic hydroxyl groups excluding tert-OH is 1. The van der Waals surface area contributed by atoms with Crippen molar-refractivity contribution in [2.75, 3.05) is 20.2 Å². The summed E-state index contributed by atoms with van der Waals surface area (Å²) in [4.78, 5) is 1.82. The Hall–Kier alpha value is -2.35. The molecule has 2 aromatic carbocycles. The number of rotatable bonds is 7. The monoisotopic (exact) mass is 296 g/mol. The van der Waals surface area contributed by atoms with E-state index in [1.165, 1.54) is 0 Å². The standard InChI is InChI=1S/C18H20N2O2/c1-20(10-11-21)18(13-19)16-8-5-9-17(12-16)22-14-15-6-3-2-4-7-15/h2-9,12,18,21H,10-11,14H2,1H3. The average molecular weight is 296 g/mol. The highest BCUT2D eigenvalue weighted by molar-refractivity contribution is 5.33. The predicted molar refractivity (Wildman–Crippen MR) is 85.3 cm³/mol. The van der Waals surface area contributed by atoms with Crippen molar-refractivity contribution in [3.8, 4) is 11.8 Å². The molecule has 0 amide bonds. The molecule has 0 aliphatic heterocycles. The molecule has 0 radical (unpaired) electrons. The largest absolute Gasteiger partial charge is 0.489 e. The molecule has 0 aliphatic rings. The number of hydrogen-bond donors (Lipinski definition) is 1. The van der Waals surface area contributed by atoms with Gasteiger partial charge in [-0.3, -0.25) is 4.90 Å². The summed E-state index contributed by atoms with van der Waals surface area (Å²) in [6, 6.07) is 19.4. The number of nitriles is 1. The van der Waals surface area contributed by atoms with Gasteiger partial charge in [0, 0.05) is 6.54 Å². The summed E-state index contributed by atoms with van der Waals surface area (Å²) in [5.74, 6) is 0.735. The van der Waals surface area contributed by atoms with Crippen LogP contribution in [0.3, 0.4) is 0 Å². The smallest absolute Gasteiger partial charge is 0.123 e. The highest BCUT2D eigenvalue weighted by Gasteiger charge is 2.16. The first kappa shape index (κ1) is 16.0. The fourth-order valence-corrected chi connectivity index (χ4v) is 2.23. The molecule has 4 heteroatoms. The fourth-order valence-electron chi connectivity index (χ4n) is 2.23. The van der Waals surface area contributed by atoms with Crippen LogP contribution >= 0.6 is 0 Å². The van der Waals surface area contributed by atoms with Crippen LogP contribution in [0.5, 0.6) is 5.75 Å². The van der Waals surface area contributed by atoms with E-state index in [4.69, 9.17) is 9.84 Å². The molecule has 22 heavy (non-hydrogen) atoms. The molecule has 1 N–H and O–H groups in total. The van der Waals surface area contributed by atoms with Crippen LogP contribution in [0.25, 0.3) is 0 Å².